The number of benzene rings is 1. The summed E-state index contributed by atoms with van der Waals surface area (Å²) in [5.74, 6) is 0.859. The lowest BCUT2D eigenvalue weighted by Crippen LogP contribution is -2.30. The van der Waals surface area contributed by atoms with E-state index in [1.165, 1.54) is 0 Å². The highest BCUT2D eigenvalue weighted by molar-refractivity contribution is 9.10. The molecule has 0 fully saturated rings. The number of nitrogens with one attached hydrogen (secondary N) is 1. The predicted molar refractivity (Wildman–Crippen MR) is 70.4 cm³/mol. The number of ether oxygens (including phenoxy) is 1. The summed E-state index contributed by atoms with van der Waals surface area (Å²) >= 11 is 3.42. The molecule has 0 saturated carbocycles. The molecule has 4 nitrogen and oxygen atoms in total. The summed E-state index contributed by atoms with van der Waals surface area (Å²) in [6.07, 6.45) is 0.111. The summed E-state index contributed by atoms with van der Waals surface area (Å²) < 4.78 is 6.28. The number of hydrogen-bond donors (Lipinski definition) is 3. The van der Waals surface area contributed by atoms with Crippen LogP contribution in [0, 0.1) is 0 Å². The Hall–Kier alpha value is -0.620. The van der Waals surface area contributed by atoms with Crippen molar-refractivity contribution >= 4 is 15.9 Å². The van der Waals surface area contributed by atoms with Crippen molar-refractivity contribution < 1.29 is 14.9 Å². The molecule has 0 aliphatic heterocycles. The Kier molecular flexibility index (Phi) is 6.50. The third-order valence-corrected chi connectivity index (χ3v) is 2.90. The minimum atomic E-state index is -0.695. The normalized spacial score (nSPS) is 12.5. The zero-order valence-electron chi connectivity index (χ0n) is 9.82. The second-order valence-electron chi connectivity index (χ2n) is 3.75. The van der Waals surface area contributed by atoms with Crippen LogP contribution < -0.4 is 10.1 Å². The first kappa shape index (κ1) is 14.4. The summed E-state index contributed by atoms with van der Waals surface area (Å²) in [5, 5.41) is 20.9. The first-order valence-electron chi connectivity index (χ1n) is 5.49. The quantitative estimate of drug-likeness (QED) is 0.656. The minimum absolute atomic E-state index is 0.215. The summed E-state index contributed by atoms with van der Waals surface area (Å²) in [7, 11) is 1.65. The molecule has 17 heavy (non-hydrogen) atoms. The molecule has 1 aromatic rings. The van der Waals surface area contributed by atoms with Crippen LogP contribution in [-0.2, 0) is 6.42 Å². The second kappa shape index (κ2) is 7.66. The Balaban J connectivity index is 2.42. The van der Waals surface area contributed by atoms with Crippen molar-refractivity contribution in [2.45, 2.75) is 12.5 Å². The highest BCUT2D eigenvalue weighted by Crippen LogP contribution is 2.22. The van der Waals surface area contributed by atoms with Gasteiger partial charge in [-0.15, -0.1) is 0 Å². The lowest BCUT2D eigenvalue weighted by Gasteiger charge is -2.11. The van der Waals surface area contributed by atoms with Crippen LogP contribution in [0.4, 0.5) is 0 Å². The number of aliphatic hydroxyl groups is 2. The zero-order chi connectivity index (χ0) is 12.7. The molecule has 0 aliphatic rings. The maximum absolute atomic E-state index is 9.16. The molecule has 1 atom stereocenters. The molecule has 0 saturated heterocycles. The first-order valence-corrected chi connectivity index (χ1v) is 6.28. The van der Waals surface area contributed by atoms with Gasteiger partial charge < -0.3 is 20.3 Å². The van der Waals surface area contributed by atoms with Gasteiger partial charge in [-0.1, -0.05) is 15.9 Å². The van der Waals surface area contributed by atoms with Gasteiger partial charge in [-0.05, 0) is 36.7 Å². The topological polar surface area (TPSA) is 61.7 Å². The molecule has 3 N–H and O–H groups in total. The van der Waals surface area contributed by atoms with Gasteiger partial charge in [0.1, 0.15) is 5.75 Å². The van der Waals surface area contributed by atoms with Crippen LogP contribution in [0.3, 0.4) is 0 Å². The maximum atomic E-state index is 9.16. The summed E-state index contributed by atoms with van der Waals surface area (Å²) in [6.45, 7) is 0.907. The van der Waals surface area contributed by atoms with Crippen LogP contribution in [0.2, 0.25) is 0 Å². The van der Waals surface area contributed by atoms with Gasteiger partial charge in [0.25, 0.3) is 0 Å². The summed E-state index contributed by atoms with van der Waals surface area (Å²) in [6, 6.07) is 5.87. The van der Waals surface area contributed by atoms with E-state index in [1.54, 1.807) is 7.11 Å². The number of rotatable bonds is 7. The fourth-order valence-corrected chi connectivity index (χ4v) is 1.91. The molecule has 1 aromatic carbocycles. The van der Waals surface area contributed by atoms with Gasteiger partial charge in [0, 0.05) is 11.0 Å². The predicted octanol–water partition coefficient (Wildman–Crippen LogP) is 0.943. The molecular weight excluding hydrogens is 286 g/mol. The highest BCUT2D eigenvalue weighted by atomic mass is 79.9. The third kappa shape index (κ3) is 5.04. The van der Waals surface area contributed by atoms with Crippen LogP contribution in [0.5, 0.6) is 5.75 Å². The van der Waals surface area contributed by atoms with Crippen molar-refractivity contribution in [2.75, 3.05) is 26.8 Å². The standard InChI is InChI=1S/C12H18BrNO3/c1-17-12-3-2-10(13)6-9(12)4-5-14-7-11(16)8-15/h2-3,6,11,14-16H,4-5,7-8H2,1H3. The first-order chi connectivity index (χ1) is 8.17. The van der Waals surface area contributed by atoms with E-state index in [9.17, 15) is 0 Å². The van der Waals surface area contributed by atoms with Gasteiger partial charge in [-0.25, -0.2) is 0 Å². The Morgan fingerprint density at radius 1 is 1.47 bits per heavy atom. The average Bonchev–Trinajstić information content (AvgIpc) is 2.34. The van der Waals surface area contributed by atoms with Gasteiger partial charge in [0.15, 0.2) is 0 Å². The molecule has 1 unspecified atom stereocenters. The molecule has 0 bridgehead atoms. The van der Waals surface area contributed by atoms with Gasteiger partial charge in [-0.3, -0.25) is 0 Å². The average molecular weight is 304 g/mol. The Morgan fingerprint density at radius 3 is 2.88 bits per heavy atom. The molecule has 96 valence electrons. The van der Waals surface area contributed by atoms with E-state index in [2.05, 4.69) is 21.2 Å². The Bertz CT molecular complexity index is 347. The lowest BCUT2D eigenvalue weighted by molar-refractivity contribution is 0.0947. The van der Waals surface area contributed by atoms with Crippen molar-refractivity contribution in [3.05, 3.63) is 28.2 Å². The van der Waals surface area contributed by atoms with Crippen molar-refractivity contribution in [3.63, 3.8) is 0 Å². The van der Waals surface area contributed by atoms with E-state index in [0.29, 0.717) is 6.54 Å². The van der Waals surface area contributed by atoms with Crippen molar-refractivity contribution in [1.82, 2.24) is 5.32 Å². The van der Waals surface area contributed by atoms with E-state index in [4.69, 9.17) is 14.9 Å². The number of aliphatic hydroxyl groups excluding tert-OH is 2. The molecule has 1 rings (SSSR count). The van der Waals surface area contributed by atoms with Crippen LogP contribution >= 0.6 is 15.9 Å². The molecule has 0 aliphatic carbocycles. The van der Waals surface area contributed by atoms with E-state index in [0.717, 1.165) is 28.8 Å². The van der Waals surface area contributed by atoms with Gasteiger partial charge >= 0.3 is 0 Å². The Morgan fingerprint density at radius 2 is 2.24 bits per heavy atom. The molecule has 5 heteroatoms. The fraction of sp³-hybridized carbons (Fsp3) is 0.500. The third-order valence-electron chi connectivity index (χ3n) is 2.40. The second-order valence-corrected chi connectivity index (χ2v) is 4.66. The molecule has 0 radical (unpaired) electrons. The monoisotopic (exact) mass is 303 g/mol. The molecule has 0 heterocycles. The van der Waals surface area contributed by atoms with Gasteiger partial charge in [-0.2, -0.15) is 0 Å². The number of hydrogen-bond acceptors (Lipinski definition) is 4. The highest BCUT2D eigenvalue weighted by Gasteiger charge is 2.04. The number of halogens is 1. The molecule has 0 aromatic heterocycles. The summed E-state index contributed by atoms with van der Waals surface area (Å²) in [5.41, 5.74) is 1.10. The molecule has 0 spiro atoms. The van der Waals surface area contributed by atoms with Gasteiger partial charge in [0.05, 0.1) is 19.8 Å². The van der Waals surface area contributed by atoms with E-state index in [1.807, 2.05) is 18.2 Å². The van der Waals surface area contributed by atoms with E-state index < -0.39 is 6.10 Å². The largest absolute Gasteiger partial charge is 0.496 e. The molecule has 0 amide bonds. The van der Waals surface area contributed by atoms with Crippen LogP contribution in [0.25, 0.3) is 0 Å². The minimum Gasteiger partial charge on any atom is -0.496 e. The fourth-order valence-electron chi connectivity index (χ4n) is 1.50. The van der Waals surface area contributed by atoms with Crippen molar-refractivity contribution in [2.24, 2.45) is 0 Å². The SMILES string of the molecule is COc1ccc(Br)cc1CCNCC(O)CO. The van der Waals surface area contributed by atoms with Crippen LogP contribution in [0.1, 0.15) is 5.56 Å². The van der Waals surface area contributed by atoms with Crippen LogP contribution in [0.15, 0.2) is 22.7 Å². The number of methoxy groups -OCH3 is 1. The summed E-state index contributed by atoms with van der Waals surface area (Å²) in [4.78, 5) is 0. The Labute approximate surface area is 110 Å². The van der Waals surface area contributed by atoms with Crippen LogP contribution in [-0.4, -0.2) is 43.1 Å². The van der Waals surface area contributed by atoms with Crippen molar-refractivity contribution in [1.29, 1.82) is 0 Å². The smallest absolute Gasteiger partial charge is 0.122 e. The van der Waals surface area contributed by atoms with E-state index in [-0.39, 0.29) is 6.61 Å². The zero-order valence-corrected chi connectivity index (χ0v) is 11.4. The van der Waals surface area contributed by atoms with Crippen molar-refractivity contribution in [3.8, 4) is 5.75 Å². The van der Waals surface area contributed by atoms with Gasteiger partial charge in [0.2, 0.25) is 0 Å². The maximum Gasteiger partial charge on any atom is 0.122 e. The van der Waals surface area contributed by atoms with E-state index >= 15 is 0 Å². The lowest BCUT2D eigenvalue weighted by atomic mass is 10.1. The molecular formula is C12H18BrNO3.